The number of hydrogen-bond acceptors (Lipinski definition) is 2. The first-order chi connectivity index (χ1) is 13.9. The molecule has 3 aromatic carbocycles. The summed E-state index contributed by atoms with van der Waals surface area (Å²) in [6.07, 6.45) is 0. The molecule has 0 aliphatic carbocycles. The molecule has 0 aliphatic heterocycles. The molecule has 0 radical (unpaired) electrons. The average molecular weight is 408 g/mol. The molecule has 2 nitrogen and oxygen atoms in total. The minimum atomic E-state index is -2.48. The first-order valence-corrected chi connectivity index (χ1v) is 12.0. The van der Waals surface area contributed by atoms with Crippen molar-refractivity contribution in [3.8, 4) is 0 Å². The van der Waals surface area contributed by atoms with Gasteiger partial charge in [-0.15, -0.1) is 0 Å². The van der Waals surface area contributed by atoms with Gasteiger partial charge in [-0.3, -0.25) is 0 Å². The molecule has 0 heterocycles. The van der Waals surface area contributed by atoms with Crippen LogP contribution in [0.25, 0.3) is 0 Å². The molecule has 0 aromatic heterocycles. The third-order valence-corrected chi connectivity index (χ3v) is 10.3. The fourth-order valence-electron chi connectivity index (χ4n) is 3.87. The van der Waals surface area contributed by atoms with E-state index in [0.29, 0.717) is 13.2 Å². The van der Waals surface area contributed by atoms with E-state index in [2.05, 4.69) is 86.8 Å². The highest BCUT2D eigenvalue weighted by Crippen LogP contribution is 2.36. The minimum absolute atomic E-state index is 0.0212. The lowest BCUT2D eigenvalue weighted by atomic mass is 10.2. The first kappa shape index (κ1) is 21.4. The van der Waals surface area contributed by atoms with Gasteiger partial charge in [0.2, 0.25) is 0 Å². The largest absolute Gasteiger partial charge is 0.406 e. The molecule has 0 saturated carbocycles. The highest BCUT2D eigenvalue weighted by molar-refractivity contribution is 6.99. The van der Waals surface area contributed by atoms with Crippen molar-refractivity contribution in [2.45, 2.75) is 32.4 Å². The number of nitrogens with one attached hydrogen (secondary N) is 1. The lowest BCUT2D eigenvalue weighted by Crippen LogP contribution is -2.66. The van der Waals surface area contributed by atoms with Gasteiger partial charge in [0.05, 0.1) is 0 Å². The minimum Gasteiger partial charge on any atom is -0.406 e. The van der Waals surface area contributed by atoms with Gasteiger partial charge in [0.15, 0.2) is 0 Å². The van der Waals surface area contributed by atoms with Crippen LogP contribution in [0.1, 0.15) is 26.3 Å². The molecule has 0 atom stereocenters. The van der Waals surface area contributed by atoms with Crippen LogP contribution in [-0.2, 0) is 11.0 Å². The summed E-state index contributed by atoms with van der Waals surface area (Å²) in [5, 5.41) is 5.98. The Kier molecular flexibility index (Phi) is 7.01. The molecule has 0 bridgehead atoms. The van der Waals surface area contributed by atoms with E-state index in [0.717, 1.165) is 12.1 Å². The summed E-state index contributed by atoms with van der Waals surface area (Å²) in [5.41, 5.74) is 1.07. The maximum Gasteiger partial charge on any atom is 0.261 e. The molecule has 4 heteroatoms. The van der Waals surface area contributed by atoms with Crippen LogP contribution in [0.5, 0.6) is 0 Å². The molecular formula is C25H30FNOSi. The Morgan fingerprint density at radius 2 is 1.31 bits per heavy atom. The summed E-state index contributed by atoms with van der Waals surface area (Å²) in [5.74, 6) is -0.205. The third kappa shape index (κ3) is 5.02. The smallest absolute Gasteiger partial charge is 0.261 e. The number of hydrogen-bond donors (Lipinski definition) is 1. The predicted octanol–water partition coefficient (Wildman–Crippen LogP) is 4.49. The van der Waals surface area contributed by atoms with Crippen LogP contribution in [-0.4, -0.2) is 21.5 Å². The summed E-state index contributed by atoms with van der Waals surface area (Å²) < 4.78 is 19.9. The SMILES string of the molecule is CC(C)(C)[Si](OCCNCc1ccc(F)cc1)(c1ccccc1)c1ccccc1. The fraction of sp³-hybridized carbons (Fsp3) is 0.280. The highest BCUT2D eigenvalue weighted by Gasteiger charge is 2.49. The van der Waals surface area contributed by atoms with Crippen molar-refractivity contribution in [2.75, 3.05) is 13.2 Å². The molecule has 0 unspecified atom stereocenters. The van der Waals surface area contributed by atoms with E-state index in [1.807, 2.05) is 12.1 Å². The summed E-state index contributed by atoms with van der Waals surface area (Å²) >= 11 is 0. The second kappa shape index (κ2) is 9.48. The van der Waals surface area contributed by atoms with Crippen molar-refractivity contribution in [3.63, 3.8) is 0 Å². The van der Waals surface area contributed by atoms with Gasteiger partial charge >= 0.3 is 0 Å². The van der Waals surface area contributed by atoms with Gasteiger partial charge < -0.3 is 9.74 Å². The molecule has 29 heavy (non-hydrogen) atoms. The van der Waals surface area contributed by atoms with Gasteiger partial charge in [-0.1, -0.05) is 93.6 Å². The van der Waals surface area contributed by atoms with Crippen molar-refractivity contribution in [1.29, 1.82) is 0 Å². The topological polar surface area (TPSA) is 21.3 Å². The monoisotopic (exact) mass is 407 g/mol. The molecule has 3 aromatic rings. The summed E-state index contributed by atoms with van der Waals surface area (Å²) in [7, 11) is -2.48. The summed E-state index contributed by atoms with van der Waals surface area (Å²) in [4.78, 5) is 0. The molecule has 3 rings (SSSR count). The van der Waals surface area contributed by atoms with Crippen LogP contribution < -0.4 is 15.7 Å². The Balaban J connectivity index is 1.77. The lowest BCUT2D eigenvalue weighted by Gasteiger charge is -2.43. The van der Waals surface area contributed by atoms with Gasteiger partial charge in [-0.2, -0.15) is 0 Å². The van der Waals surface area contributed by atoms with Crippen LogP contribution in [0, 0.1) is 5.82 Å². The van der Waals surface area contributed by atoms with Crippen molar-refractivity contribution in [2.24, 2.45) is 0 Å². The summed E-state index contributed by atoms with van der Waals surface area (Å²) in [6, 6.07) is 27.9. The molecule has 0 fully saturated rings. The van der Waals surface area contributed by atoms with Crippen molar-refractivity contribution < 1.29 is 8.82 Å². The second-order valence-corrected chi connectivity index (χ2v) is 12.6. The molecule has 152 valence electrons. The van der Waals surface area contributed by atoms with E-state index in [4.69, 9.17) is 4.43 Å². The maximum atomic E-state index is 13.1. The van der Waals surface area contributed by atoms with Gasteiger partial charge in [0.1, 0.15) is 5.82 Å². The van der Waals surface area contributed by atoms with Gasteiger partial charge in [0, 0.05) is 19.7 Å². The second-order valence-electron chi connectivity index (χ2n) is 8.31. The van der Waals surface area contributed by atoms with Crippen LogP contribution in [0.3, 0.4) is 0 Å². The molecule has 0 saturated heterocycles. The lowest BCUT2D eigenvalue weighted by molar-refractivity contribution is 0.295. The van der Waals surface area contributed by atoms with Gasteiger partial charge in [-0.25, -0.2) is 4.39 Å². The predicted molar refractivity (Wildman–Crippen MR) is 122 cm³/mol. The standard InChI is InChI=1S/C25H30FNOSi/c1-25(2,3)29(23-10-6-4-7-11-23,24-12-8-5-9-13-24)28-19-18-27-20-21-14-16-22(26)17-15-21/h4-17,27H,18-20H2,1-3H3. The van der Waals surface area contributed by atoms with E-state index in [9.17, 15) is 4.39 Å². The third-order valence-electron chi connectivity index (χ3n) is 5.26. The van der Waals surface area contributed by atoms with Crippen LogP contribution in [0.4, 0.5) is 4.39 Å². The van der Waals surface area contributed by atoms with Gasteiger partial charge in [0.25, 0.3) is 8.32 Å². The van der Waals surface area contributed by atoms with E-state index in [1.54, 1.807) is 0 Å². The van der Waals surface area contributed by atoms with Gasteiger partial charge in [-0.05, 0) is 33.1 Å². The Labute approximate surface area is 174 Å². The van der Waals surface area contributed by atoms with E-state index < -0.39 is 8.32 Å². The van der Waals surface area contributed by atoms with E-state index >= 15 is 0 Å². The van der Waals surface area contributed by atoms with Crippen molar-refractivity contribution in [3.05, 3.63) is 96.3 Å². The van der Waals surface area contributed by atoms with Crippen molar-refractivity contribution in [1.82, 2.24) is 5.32 Å². The Morgan fingerprint density at radius 1 is 0.793 bits per heavy atom. The zero-order chi connectivity index (χ0) is 20.7. The Bertz CT molecular complexity index is 837. The molecule has 1 N–H and O–H groups in total. The van der Waals surface area contributed by atoms with Crippen LogP contribution in [0.15, 0.2) is 84.9 Å². The maximum absolute atomic E-state index is 13.1. The average Bonchev–Trinajstić information content (AvgIpc) is 2.72. The number of benzene rings is 3. The quantitative estimate of drug-likeness (QED) is 0.439. The molecule has 0 amide bonds. The number of rotatable bonds is 8. The zero-order valence-corrected chi connectivity index (χ0v) is 18.5. The highest BCUT2D eigenvalue weighted by atomic mass is 28.4. The first-order valence-electron chi connectivity index (χ1n) is 10.1. The molecule has 0 spiro atoms. The zero-order valence-electron chi connectivity index (χ0n) is 17.5. The van der Waals surface area contributed by atoms with Crippen molar-refractivity contribution >= 4 is 18.7 Å². The van der Waals surface area contributed by atoms with E-state index in [-0.39, 0.29) is 10.9 Å². The number of halogens is 1. The Hall–Kier alpha value is -2.27. The fourth-order valence-corrected chi connectivity index (χ4v) is 8.44. The Morgan fingerprint density at radius 3 is 1.79 bits per heavy atom. The normalized spacial score (nSPS) is 12.1. The van der Waals surface area contributed by atoms with Crippen LogP contribution in [0.2, 0.25) is 5.04 Å². The molecule has 0 aliphatic rings. The summed E-state index contributed by atoms with van der Waals surface area (Å²) in [6.45, 7) is 8.90. The van der Waals surface area contributed by atoms with E-state index in [1.165, 1.54) is 22.5 Å². The van der Waals surface area contributed by atoms with Crippen LogP contribution >= 0.6 is 0 Å². The molecular weight excluding hydrogens is 377 g/mol.